The summed E-state index contributed by atoms with van der Waals surface area (Å²) in [4.78, 5) is 23.9. The van der Waals surface area contributed by atoms with Gasteiger partial charge in [0, 0.05) is 25.1 Å². The molecule has 1 aromatic carbocycles. The number of halogens is 2. The third-order valence-electron chi connectivity index (χ3n) is 3.98. The maximum absolute atomic E-state index is 14.3. The number of carbonyl (C=O) groups excluding carboxylic acids is 1. The Labute approximate surface area is 127 Å². The molecule has 1 aliphatic rings. The lowest BCUT2D eigenvalue weighted by Crippen LogP contribution is -2.46. The predicted octanol–water partition coefficient (Wildman–Crippen LogP) is 2.88. The average molecular weight is 311 g/mol. The Kier molecular flexibility index (Phi) is 5.11. The van der Waals surface area contributed by atoms with E-state index in [0.29, 0.717) is 19.4 Å². The maximum atomic E-state index is 14.3. The molecule has 1 heterocycles. The van der Waals surface area contributed by atoms with Crippen LogP contribution in [0, 0.1) is 5.92 Å². The third kappa shape index (κ3) is 3.81. The van der Waals surface area contributed by atoms with Gasteiger partial charge in [0.1, 0.15) is 0 Å². The largest absolute Gasteiger partial charge is 0.481 e. The van der Waals surface area contributed by atoms with E-state index in [9.17, 15) is 18.4 Å². The van der Waals surface area contributed by atoms with Crippen LogP contribution in [0.2, 0.25) is 0 Å². The van der Waals surface area contributed by atoms with Gasteiger partial charge < -0.3 is 10.0 Å². The molecule has 1 atom stereocenters. The second kappa shape index (κ2) is 6.85. The number of benzene rings is 1. The quantitative estimate of drug-likeness (QED) is 0.909. The van der Waals surface area contributed by atoms with Crippen LogP contribution in [-0.2, 0) is 15.5 Å². The fourth-order valence-corrected chi connectivity index (χ4v) is 2.78. The summed E-state index contributed by atoms with van der Waals surface area (Å²) >= 11 is 0. The van der Waals surface area contributed by atoms with Gasteiger partial charge in [-0.25, -0.2) is 0 Å². The highest BCUT2D eigenvalue weighted by atomic mass is 19.3. The number of likely N-dealkylation sites (tertiary alicyclic amines) is 1. The van der Waals surface area contributed by atoms with E-state index in [-0.39, 0.29) is 24.4 Å². The van der Waals surface area contributed by atoms with E-state index in [1.165, 1.54) is 29.2 Å². The molecule has 1 unspecified atom stereocenters. The average Bonchev–Trinajstić information content (AvgIpc) is 2.53. The SMILES string of the molecule is O=C(O)CCC1CCCN(C(=O)C(F)(F)c2ccccc2)C1. The van der Waals surface area contributed by atoms with Crippen molar-refractivity contribution in [2.75, 3.05) is 13.1 Å². The fourth-order valence-electron chi connectivity index (χ4n) is 2.78. The second-order valence-corrected chi connectivity index (χ2v) is 5.63. The lowest BCUT2D eigenvalue weighted by molar-refractivity contribution is -0.161. The first-order valence-electron chi connectivity index (χ1n) is 7.35. The molecule has 0 aromatic heterocycles. The predicted molar refractivity (Wildman–Crippen MR) is 76.5 cm³/mol. The first-order valence-corrected chi connectivity index (χ1v) is 7.35. The highest BCUT2D eigenvalue weighted by Gasteiger charge is 2.44. The summed E-state index contributed by atoms with van der Waals surface area (Å²) in [7, 11) is 0. The van der Waals surface area contributed by atoms with Gasteiger partial charge in [-0.05, 0) is 25.2 Å². The molecule has 22 heavy (non-hydrogen) atoms. The first-order chi connectivity index (χ1) is 10.4. The Bertz CT molecular complexity index is 533. The van der Waals surface area contributed by atoms with Crippen molar-refractivity contribution < 1.29 is 23.5 Å². The summed E-state index contributed by atoms with van der Waals surface area (Å²) in [5.74, 6) is -5.67. The van der Waals surface area contributed by atoms with Crippen LogP contribution in [0.5, 0.6) is 0 Å². The van der Waals surface area contributed by atoms with E-state index in [0.717, 1.165) is 6.42 Å². The first kappa shape index (κ1) is 16.4. The zero-order valence-electron chi connectivity index (χ0n) is 12.2. The minimum atomic E-state index is -3.55. The van der Waals surface area contributed by atoms with E-state index in [1.807, 2.05) is 0 Å². The Morgan fingerprint density at radius 1 is 1.27 bits per heavy atom. The Morgan fingerprint density at radius 3 is 2.59 bits per heavy atom. The van der Waals surface area contributed by atoms with Crippen molar-refractivity contribution in [1.82, 2.24) is 4.90 Å². The van der Waals surface area contributed by atoms with Gasteiger partial charge in [-0.15, -0.1) is 0 Å². The number of hydrogen-bond acceptors (Lipinski definition) is 2. The smallest absolute Gasteiger partial charge is 0.349 e. The van der Waals surface area contributed by atoms with Gasteiger partial charge in [0.2, 0.25) is 0 Å². The molecule has 6 heteroatoms. The second-order valence-electron chi connectivity index (χ2n) is 5.63. The van der Waals surface area contributed by atoms with E-state index in [2.05, 4.69) is 0 Å². The van der Waals surface area contributed by atoms with Crippen LogP contribution in [0.25, 0.3) is 0 Å². The number of amides is 1. The van der Waals surface area contributed by atoms with E-state index < -0.39 is 17.8 Å². The monoisotopic (exact) mass is 311 g/mol. The van der Waals surface area contributed by atoms with Gasteiger partial charge in [0.05, 0.1) is 0 Å². The molecule has 1 saturated heterocycles. The summed E-state index contributed by atoms with van der Waals surface area (Å²) in [5.41, 5.74) is -0.312. The van der Waals surface area contributed by atoms with Gasteiger partial charge in [-0.2, -0.15) is 8.78 Å². The minimum absolute atomic E-state index is 0.00176. The van der Waals surface area contributed by atoms with E-state index in [1.54, 1.807) is 6.07 Å². The normalized spacial score (nSPS) is 19.0. The zero-order valence-corrected chi connectivity index (χ0v) is 12.2. The number of rotatable bonds is 5. The molecule has 0 aliphatic carbocycles. The molecule has 1 aliphatic heterocycles. The number of carboxylic acid groups (broad SMARTS) is 1. The van der Waals surface area contributed by atoms with Gasteiger partial charge in [-0.3, -0.25) is 9.59 Å². The molecule has 120 valence electrons. The van der Waals surface area contributed by atoms with Gasteiger partial charge in [0.15, 0.2) is 0 Å². The van der Waals surface area contributed by atoms with E-state index >= 15 is 0 Å². The number of aliphatic carboxylic acids is 1. The van der Waals surface area contributed by atoms with E-state index in [4.69, 9.17) is 5.11 Å². The van der Waals surface area contributed by atoms with Crippen molar-refractivity contribution in [1.29, 1.82) is 0 Å². The number of piperidine rings is 1. The minimum Gasteiger partial charge on any atom is -0.481 e. The molecular weight excluding hydrogens is 292 g/mol. The molecule has 0 radical (unpaired) electrons. The van der Waals surface area contributed by atoms with Crippen LogP contribution in [0.1, 0.15) is 31.2 Å². The van der Waals surface area contributed by atoms with Crippen LogP contribution < -0.4 is 0 Å². The summed E-state index contributed by atoms with van der Waals surface area (Å²) in [5, 5.41) is 8.70. The molecule has 1 amide bonds. The van der Waals surface area contributed by atoms with Crippen LogP contribution >= 0.6 is 0 Å². The van der Waals surface area contributed by atoms with Gasteiger partial charge in [0.25, 0.3) is 5.91 Å². The Morgan fingerprint density at radius 2 is 1.95 bits per heavy atom. The van der Waals surface area contributed by atoms with Crippen LogP contribution in [0.4, 0.5) is 8.78 Å². The van der Waals surface area contributed by atoms with Crippen molar-refractivity contribution >= 4 is 11.9 Å². The molecule has 0 bridgehead atoms. The lowest BCUT2D eigenvalue weighted by atomic mass is 9.92. The summed E-state index contributed by atoms with van der Waals surface area (Å²) in [6.07, 6.45) is 1.81. The lowest BCUT2D eigenvalue weighted by Gasteiger charge is -2.34. The topological polar surface area (TPSA) is 57.6 Å². The number of nitrogens with zero attached hydrogens (tertiary/aromatic N) is 1. The van der Waals surface area contributed by atoms with Gasteiger partial charge >= 0.3 is 11.9 Å². The third-order valence-corrected chi connectivity index (χ3v) is 3.98. The highest BCUT2D eigenvalue weighted by Crippen LogP contribution is 2.32. The number of carboxylic acids is 1. The summed E-state index contributed by atoms with van der Waals surface area (Å²) < 4.78 is 28.6. The van der Waals surface area contributed by atoms with Crippen LogP contribution in [0.15, 0.2) is 30.3 Å². The Hall–Kier alpha value is -1.98. The van der Waals surface area contributed by atoms with Crippen LogP contribution in [-0.4, -0.2) is 35.0 Å². The number of hydrogen-bond donors (Lipinski definition) is 1. The van der Waals surface area contributed by atoms with Crippen molar-refractivity contribution in [3.05, 3.63) is 35.9 Å². The van der Waals surface area contributed by atoms with Gasteiger partial charge in [-0.1, -0.05) is 30.3 Å². The van der Waals surface area contributed by atoms with Crippen molar-refractivity contribution in [2.24, 2.45) is 5.92 Å². The molecule has 2 rings (SSSR count). The standard InChI is InChI=1S/C16H19F2NO3/c17-16(18,13-6-2-1-3-7-13)15(22)19-10-4-5-12(11-19)8-9-14(20)21/h1-3,6-7,12H,4-5,8-11H2,(H,20,21). The van der Waals surface area contributed by atoms with Crippen molar-refractivity contribution in [3.63, 3.8) is 0 Å². The molecular formula is C16H19F2NO3. The number of alkyl halides is 2. The summed E-state index contributed by atoms with van der Waals surface area (Å²) in [6, 6.07) is 7.05. The fraction of sp³-hybridized carbons (Fsp3) is 0.500. The zero-order chi connectivity index (χ0) is 16.2. The molecule has 4 nitrogen and oxygen atoms in total. The molecule has 1 aromatic rings. The highest BCUT2D eigenvalue weighted by molar-refractivity contribution is 5.85. The summed E-state index contributed by atoms with van der Waals surface area (Å²) in [6.45, 7) is 0.499. The maximum Gasteiger partial charge on any atom is 0.349 e. The molecule has 1 N–H and O–H groups in total. The van der Waals surface area contributed by atoms with Crippen molar-refractivity contribution in [2.45, 2.75) is 31.6 Å². The molecule has 0 spiro atoms. The molecule has 0 saturated carbocycles. The van der Waals surface area contributed by atoms with Crippen molar-refractivity contribution in [3.8, 4) is 0 Å². The number of carbonyl (C=O) groups is 2. The molecule has 1 fully saturated rings. The Balaban J connectivity index is 2.03. The van der Waals surface area contributed by atoms with Crippen LogP contribution in [0.3, 0.4) is 0 Å².